The molecule has 0 radical (unpaired) electrons. The number of hydrogen-bond donors (Lipinski definition) is 0. The minimum absolute atomic E-state index is 0.00523. The zero-order valence-electron chi connectivity index (χ0n) is 18.6. The zero-order valence-corrected chi connectivity index (χ0v) is 18.6. The second kappa shape index (κ2) is 7.25. The third-order valence-electron chi connectivity index (χ3n) is 6.83. The number of aryl methyl sites for hydroxylation is 1. The van der Waals surface area contributed by atoms with E-state index in [9.17, 15) is 4.79 Å². The lowest BCUT2D eigenvalue weighted by atomic mass is 9.99. The topological polar surface area (TPSA) is 76.8 Å². The summed E-state index contributed by atoms with van der Waals surface area (Å²) in [6.45, 7) is 9.12. The van der Waals surface area contributed by atoms with Crippen molar-refractivity contribution in [2.75, 3.05) is 4.90 Å². The SMILES string of the molecule is CCc1nc(C2(C)CC2)cc2c1CN(c1cccc(-c3nncn3[C@H](C)CC)n1)C2=O. The highest BCUT2D eigenvalue weighted by Crippen LogP contribution is 2.47. The van der Waals surface area contributed by atoms with Gasteiger partial charge in [0.15, 0.2) is 5.82 Å². The van der Waals surface area contributed by atoms with Crippen LogP contribution in [0.15, 0.2) is 30.6 Å². The van der Waals surface area contributed by atoms with Gasteiger partial charge in [0.25, 0.3) is 5.91 Å². The first-order chi connectivity index (χ1) is 14.9. The van der Waals surface area contributed by atoms with Crippen LogP contribution in [0.2, 0.25) is 0 Å². The Hall–Kier alpha value is -3.09. The van der Waals surface area contributed by atoms with Gasteiger partial charge in [-0.05, 0) is 50.8 Å². The van der Waals surface area contributed by atoms with Crippen molar-refractivity contribution in [2.24, 2.45) is 0 Å². The molecule has 1 fully saturated rings. The Morgan fingerprint density at radius 3 is 2.71 bits per heavy atom. The summed E-state index contributed by atoms with van der Waals surface area (Å²) in [4.78, 5) is 24.9. The van der Waals surface area contributed by atoms with Crippen LogP contribution in [0, 0.1) is 0 Å². The first-order valence-corrected chi connectivity index (χ1v) is 11.2. The van der Waals surface area contributed by atoms with Gasteiger partial charge in [-0.25, -0.2) is 4.98 Å². The largest absolute Gasteiger partial charge is 0.309 e. The number of carbonyl (C=O) groups excluding carboxylic acids is 1. The fraction of sp³-hybridized carbons (Fsp3) is 0.458. The number of anilines is 1. The van der Waals surface area contributed by atoms with E-state index in [1.807, 2.05) is 28.8 Å². The third-order valence-corrected chi connectivity index (χ3v) is 6.83. The molecule has 0 spiro atoms. The molecule has 3 aromatic heterocycles. The average Bonchev–Trinajstić information content (AvgIpc) is 3.22. The molecule has 0 saturated heterocycles. The lowest BCUT2D eigenvalue weighted by Crippen LogP contribution is -2.24. The van der Waals surface area contributed by atoms with Gasteiger partial charge in [0.05, 0.1) is 6.54 Å². The number of carbonyl (C=O) groups is 1. The van der Waals surface area contributed by atoms with Crippen molar-refractivity contribution in [2.45, 2.75) is 71.4 Å². The van der Waals surface area contributed by atoms with E-state index in [1.54, 1.807) is 11.2 Å². The number of nitrogens with zero attached hydrogens (tertiary/aromatic N) is 6. The fourth-order valence-corrected chi connectivity index (χ4v) is 4.24. The smallest absolute Gasteiger partial charge is 0.260 e. The maximum Gasteiger partial charge on any atom is 0.260 e. The molecule has 1 amide bonds. The van der Waals surface area contributed by atoms with E-state index in [4.69, 9.17) is 9.97 Å². The molecule has 0 bridgehead atoms. The second-order valence-electron chi connectivity index (χ2n) is 8.99. The standard InChI is InChI=1S/C24H28N6O/c1-5-15(3)30-14-25-28-22(30)19-8-7-9-21(27-19)29-13-17-16(23(29)31)12-20(24(4)10-11-24)26-18(17)6-2/h7-9,12,14-15H,5-6,10-11,13H2,1-4H3/t15-/m1/s1. The molecule has 0 N–H and O–H groups in total. The van der Waals surface area contributed by atoms with E-state index in [2.05, 4.69) is 37.9 Å². The van der Waals surface area contributed by atoms with Crippen molar-refractivity contribution in [3.63, 3.8) is 0 Å². The predicted octanol–water partition coefficient (Wildman–Crippen LogP) is 4.48. The molecule has 1 saturated carbocycles. The molecule has 1 aliphatic heterocycles. The third kappa shape index (κ3) is 3.23. The van der Waals surface area contributed by atoms with Crippen molar-refractivity contribution in [1.29, 1.82) is 0 Å². The highest BCUT2D eigenvalue weighted by Gasteiger charge is 2.42. The van der Waals surface area contributed by atoms with Crippen molar-refractivity contribution in [3.8, 4) is 11.5 Å². The minimum Gasteiger partial charge on any atom is -0.309 e. The number of pyridine rings is 2. The van der Waals surface area contributed by atoms with Gasteiger partial charge in [-0.3, -0.25) is 14.7 Å². The van der Waals surface area contributed by atoms with Crippen LogP contribution in [0.25, 0.3) is 11.5 Å². The van der Waals surface area contributed by atoms with E-state index in [0.29, 0.717) is 12.4 Å². The van der Waals surface area contributed by atoms with Gasteiger partial charge >= 0.3 is 0 Å². The summed E-state index contributed by atoms with van der Waals surface area (Å²) >= 11 is 0. The molecule has 7 nitrogen and oxygen atoms in total. The summed E-state index contributed by atoms with van der Waals surface area (Å²) in [5, 5.41) is 8.38. The van der Waals surface area contributed by atoms with Gasteiger partial charge in [-0.15, -0.1) is 10.2 Å². The van der Waals surface area contributed by atoms with E-state index in [-0.39, 0.29) is 17.4 Å². The minimum atomic E-state index is 0.00523. The van der Waals surface area contributed by atoms with E-state index in [1.165, 1.54) is 0 Å². The maximum atomic E-state index is 13.4. The monoisotopic (exact) mass is 416 g/mol. The molecule has 0 unspecified atom stereocenters. The molecule has 31 heavy (non-hydrogen) atoms. The first-order valence-electron chi connectivity index (χ1n) is 11.2. The van der Waals surface area contributed by atoms with Crippen LogP contribution in [-0.2, 0) is 18.4 Å². The Morgan fingerprint density at radius 1 is 1.19 bits per heavy atom. The second-order valence-corrected chi connectivity index (χ2v) is 8.99. The zero-order chi connectivity index (χ0) is 21.8. The quantitative estimate of drug-likeness (QED) is 0.592. The van der Waals surface area contributed by atoms with Gasteiger partial charge in [-0.1, -0.05) is 26.8 Å². The lowest BCUT2D eigenvalue weighted by Gasteiger charge is -2.17. The first kappa shape index (κ1) is 19.8. The summed E-state index contributed by atoms with van der Waals surface area (Å²) in [7, 11) is 0. The highest BCUT2D eigenvalue weighted by molar-refractivity contribution is 6.09. The van der Waals surface area contributed by atoms with Crippen molar-refractivity contribution >= 4 is 11.7 Å². The molecule has 4 heterocycles. The van der Waals surface area contributed by atoms with Gasteiger partial charge in [0, 0.05) is 34.0 Å². The van der Waals surface area contributed by atoms with E-state index < -0.39 is 0 Å². The Morgan fingerprint density at radius 2 is 2.00 bits per heavy atom. The summed E-state index contributed by atoms with van der Waals surface area (Å²) in [5.74, 6) is 1.37. The van der Waals surface area contributed by atoms with Crippen molar-refractivity contribution in [3.05, 3.63) is 53.1 Å². The van der Waals surface area contributed by atoms with Gasteiger partial charge in [-0.2, -0.15) is 0 Å². The summed E-state index contributed by atoms with van der Waals surface area (Å²) in [5.41, 5.74) is 4.76. The van der Waals surface area contributed by atoms with Gasteiger partial charge < -0.3 is 4.57 Å². The van der Waals surface area contributed by atoms with Crippen LogP contribution in [-0.4, -0.2) is 30.6 Å². The van der Waals surface area contributed by atoms with E-state index >= 15 is 0 Å². The summed E-state index contributed by atoms with van der Waals surface area (Å²) in [6.07, 6.45) is 5.81. The van der Waals surface area contributed by atoms with Gasteiger partial charge in [0.2, 0.25) is 0 Å². The summed E-state index contributed by atoms with van der Waals surface area (Å²) in [6, 6.07) is 8.03. The molecule has 7 heteroatoms. The molecule has 2 aliphatic rings. The molecule has 1 atom stereocenters. The molecular weight excluding hydrogens is 388 g/mol. The Kier molecular flexibility index (Phi) is 4.64. The molecule has 1 aliphatic carbocycles. The van der Waals surface area contributed by atoms with Crippen LogP contribution < -0.4 is 4.90 Å². The van der Waals surface area contributed by atoms with E-state index in [0.717, 1.165) is 59.7 Å². The predicted molar refractivity (Wildman–Crippen MR) is 119 cm³/mol. The number of hydrogen-bond acceptors (Lipinski definition) is 5. The summed E-state index contributed by atoms with van der Waals surface area (Å²) < 4.78 is 2.04. The fourth-order valence-electron chi connectivity index (χ4n) is 4.24. The van der Waals surface area contributed by atoms with Crippen LogP contribution in [0.4, 0.5) is 5.82 Å². The molecule has 0 aromatic carbocycles. The average molecular weight is 417 g/mol. The lowest BCUT2D eigenvalue weighted by molar-refractivity contribution is 0.0996. The highest BCUT2D eigenvalue weighted by atomic mass is 16.2. The Bertz CT molecular complexity index is 1160. The van der Waals surface area contributed by atoms with Crippen LogP contribution in [0.1, 0.15) is 80.3 Å². The van der Waals surface area contributed by atoms with Crippen molar-refractivity contribution < 1.29 is 4.79 Å². The Balaban J connectivity index is 1.51. The molecular formula is C24H28N6O. The normalized spacial score (nSPS) is 17.7. The number of amides is 1. The number of rotatable bonds is 6. The van der Waals surface area contributed by atoms with Crippen LogP contribution >= 0.6 is 0 Å². The molecule has 5 rings (SSSR count). The van der Waals surface area contributed by atoms with Crippen molar-refractivity contribution in [1.82, 2.24) is 24.7 Å². The van der Waals surface area contributed by atoms with Crippen LogP contribution in [0.5, 0.6) is 0 Å². The van der Waals surface area contributed by atoms with Crippen LogP contribution in [0.3, 0.4) is 0 Å². The maximum absolute atomic E-state index is 13.4. The number of aromatic nitrogens is 5. The molecule has 160 valence electrons. The molecule has 3 aromatic rings. The Labute approximate surface area is 182 Å². The van der Waals surface area contributed by atoms with Gasteiger partial charge in [0.1, 0.15) is 17.8 Å². The number of fused-ring (bicyclic) bond motifs is 1.